The second-order valence-corrected chi connectivity index (χ2v) is 23.6. The van der Waals surface area contributed by atoms with Crippen molar-refractivity contribution in [2.75, 3.05) is 26.4 Å². The zero-order valence-corrected chi connectivity index (χ0v) is 53.4. The highest BCUT2D eigenvalue weighted by Crippen LogP contribution is 2.18. The van der Waals surface area contributed by atoms with Gasteiger partial charge in [-0.2, -0.15) is 0 Å². The predicted molar refractivity (Wildman–Crippen MR) is 344 cm³/mol. The average molecular weight is 1150 g/mol. The molecule has 10 unspecified atom stereocenters. The largest absolute Gasteiger partial charge is 0.395 e. The molecule has 0 radical (unpaired) electrons. The lowest BCUT2D eigenvalue weighted by molar-refractivity contribution is -0.0117. The van der Waals surface area contributed by atoms with Gasteiger partial charge in [0.1, 0.15) is 0 Å². The Labute approximate surface area is 495 Å². The van der Waals surface area contributed by atoms with Crippen molar-refractivity contribution in [3.63, 3.8) is 0 Å². The topological polar surface area (TPSA) is 286 Å². The molecule has 0 fully saturated rings. The van der Waals surface area contributed by atoms with Crippen LogP contribution in [0.2, 0.25) is 0 Å². The summed E-state index contributed by atoms with van der Waals surface area (Å²) >= 11 is 0. The van der Waals surface area contributed by atoms with E-state index in [2.05, 4.69) is 39.8 Å². The maximum Gasteiger partial charge on any atom is 0.0971 e. The summed E-state index contributed by atoms with van der Waals surface area (Å²) in [5, 5.41) is 83.5. The molecule has 0 aliphatic rings. The van der Waals surface area contributed by atoms with Crippen LogP contribution in [0.3, 0.4) is 0 Å². The highest BCUT2D eigenvalue weighted by Gasteiger charge is 2.22. The maximum absolute atomic E-state index is 9.77. The molecule has 0 bridgehead atoms. The molecule has 484 valence electrons. The van der Waals surface area contributed by atoms with Crippen molar-refractivity contribution < 1.29 is 46.0 Å². The third kappa shape index (κ3) is 64.5. The summed E-state index contributed by atoms with van der Waals surface area (Å²) in [4.78, 5) is 0. The maximum atomic E-state index is 9.77. The van der Waals surface area contributed by atoms with Crippen LogP contribution in [0.15, 0.2) is 24.3 Å². The van der Waals surface area contributed by atoms with Crippen molar-refractivity contribution in [2.45, 2.75) is 372 Å². The summed E-state index contributed by atoms with van der Waals surface area (Å²) in [6.07, 6.45) is 59.5. The zero-order valence-electron chi connectivity index (χ0n) is 53.4. The van der Waals surface area contributed by atoms with Gasteiger partial charge in [-0.3, -0.25) is 0 Å². The van der Waals surface area contributed by atoms with Crippen molar-refractivity contribution in [3.05, 3.63) is 24.3 Å². The Morgan fingerprint density at radius 3 is 0.912 bits per heavy atom. The minimum atomic E-state index is -1.04. The first-order valence-electron chi connectivity index (χ1n) is 33.9. The molecule has 0 aromatic heterocycles. The van der Waals surface area contributed by atoms with Gasteiger partial charge in [-0.1, -0.05) is 284 Å². The van der Waals surface area contributed by atoms with Crippen LogP contribution in [-0.2, 0) is 0 Å². The van der Waals surface area contributed by atoms with E-state index in [-0.39, 0.29) is 32.3 Å². The Morgan fingerprint density at radius 1 is 0.287 bits per heavy atom. The lowest BCUT2D eigenvalue weighted by Crippen LogP contribution is -2.45. The molecular formula is C67H142N4O9. The van der Waals surface area contributed by atoms with Gasteiger partial charge in [0.2, 0.25) is 0 Å². The Hall–Kier alpha value is -1.04. The fraction of sp³-hybridized carbons (Fsp3) is 0.940. The molecule has 0 saturated carbocycles. The second kappa shape index (κ2) is 70.4. The molecule has 0 aliphatic carbocycles. The Kier molecular flexibility index (Phi) is 75.2. The van der Waals surface area contributed by atoms with Gasteiger partial charge in [-0.05, 0) is 63.7 Å². The molecule has 0 saturated heterocycles. The van der Waals surface area contributed by atoms with Crippen LogP contribution in [0, 0.1) is 5.92 Å². The van der Waals surface area contributed by atoms with Crippen LogP contribution in [-0.4, -0.2) is 127 Å². The first kappa shape index (κ1) is 85.4. The van der Waals surface area contributed by atoms with Gasteiger partial charge < -0.3 is 68.9 Å². The zero-order chi connectivity index (χ0) is 60.5. The van der Waals surface area contributed by atoms with Crippen molar-refractivity contribution >= 4 is 0 Å². The summed E-state index contributed by atoms with van der Waals surface area (Å²) < 4.78 is 0. The van der Waals surface area contributed by atoms with Crippen molar-refractivity contribution in [3.8, 4) is 0 Å². The van der Waals surface area contributed by atoms with Crippen LogP contribution in [0.5, 0.6) is 0 Å². The fourth-order valence-electron chi connectivity index (χ4n) is 9.53. The van der Waals surface area contributed by atoms with Crippen molar-refractivity contribution in [1.82, 2.24) is 0 Å². The highest BCUT2D eigenvalue weighted by atomic mass is 16.3. The molecule has 13 nitrogen and oxygen atoms in total. The molecule has 10 atom stereocenters. The highest BCUT2D eigenvalue weighted by molar-refractivity contribution is 4.93. The SMILES string of the molecule is CCCCCCCC/C=C/CCCC(O)C(O)C(N)CO.CCCCCCCCCC(C)C(O)C(N)CO.CCCCCCCCCCCCC/C=C/C(O)C(N)CO.CCCCCCCCCCCCCCCC(O)C(N)CO. The first-order valence-corrected chi connectivity index (χ1v) is 33.9. The number of aliphatic hydroxyl groups is 9. The number of unbranched alkanes of at least 4 members (excludes halogenated alkanes) is 36. The Balaban J connectivity index is -0.000000483. The van der Waals surface area contributed by atoms with Crippen LogP contribution in [0.4, 0.5) is 0 Å². The van der Waals surface area contributed by atoms with E-state index in [4.69, 9.17) is 43.4 Å². The van der Waals surface area contributed by atoms with E-state index < -0.39 is 54.7 Å². The van der Waals surface area contributed by atoms with E-state index >= 15 is 0 Å². The van der Waals surface area contributed by atoms with E-state index in [1.54, 1.807) is 6.08 Å². The Morgan fingerprint density at radius 2 is 0.562 bits per heavy atom. The quantitative estimate of drug-likeness (QED) is 0.0199. The number of allylic oxidation sites excluding steroid dienone is 3. The molecule has 17 N–H and O–H groups in total. The molecule has 13 heteroatoms. The lowest BCUT2D eigenvalue weighted by Gasteiger charge is -2.23. The van der Waals surface area contributed by atoms with Crippen LogP contribution in [0.25, 0.3) is 0 Å². The molecular weight excluding hydrogens is 1000 g/mol. The van der Waals surface area contributed by atoms with E-state index in [0.29, 0.717) is 6.42 Å². The molecule has 0 amide bonds. The smallest absolute Gasteiger partial charge is 0.0971 e. The molecule has 0 rings (SSSR count). The van der Waals surface area contributed by atoms with Gasteiger partial charge in [0, 0.05) is 0 Å². The Bertz CT molecular complexity index is 1190. The number of nitrogens with two attached hydrogens (primary N) is 4. The molecule has 0 spiro atoms. The van der Waals surface area contributed by atoms with Crippen LogP contribution < -0.4 is 22.9 Å². The van der Waals surface area contributed by atoms with Crippen molar-refractivity contribution in [2.24, 2.45) is 28.9 Å². The standard InChI is InChI=1S/C18H39NO2.C18H37NO2.C17H35NO3.C14H31NO2/c2*1-2-3-4-5-6-7-8-9-10-11-12-13-14-15-18(21)17(19)16-20;1-2-3-4-5-6-7-8-9-10-11-12-13-16(20)17(21)15(18)14-19;1-3-4-5-6-7-8-9-10-12(2)14(17)13(15)11-16/h17-18,20-21H,2-16,19H2,1H3;14-15,17-18,20-21H,2-13,16,19H2,1H3;9-10,15-17,19-21H,2-8,11-14,18H2,1H3;12-14,16-17H,3-11,15H2,1-2H3/b;15-14+;10-9+;. The normalized spacial score (nSPS) is 15.4. The molecule has 80 heavy (non-hydrogen) atoms. The minimum absolute atomic E-state index is 0.125. The van der Waals surface area contributed by atoms with Gasteiger partial charge in [0.05, 0.1) is 81.1 Å². The predicted octanol–water partition coefficient (Wildman–Crippen LogP) is 13.0. The van der Waals surface area contributed by atoms with E-state index in [1.807, 2.05) is 13.0 Å². The summed E-state index contributed by atoms with van der Waals surface area (Å²) in [7, 11) is 0. The second-order valence-electron chi connectivity index (χ2n) is 23.6. The summed E-state index contributed by atoms with van der Waals surface area (Å²) in [6, 6.07) is -2.28. The van der Waals surface area contributed by atoms with E-state index in [9.17, 15) is 25.5 Å². The monoisotopic (exact) mass is 1150 g/mol. The van der Waals surface area contributed by atoms with Crippen molar-refractivity contribution in [1.29, 1.82) is 0 Å². The summed E-state index contributed by atoms with van der Waals surface area (Å²) in [5.74, 6) is 0.188. The van der Waals surface area contributed by atoms with Gasteiger partial charge in [-0.25, -0.2) is 0 Å². The lowest BCUT2D eigenvalue weighted by atomic mass is 9.93. The number of hydrogen-bond donors (Lipinski definition) is 13. The van der Waals surface area contributed by atoms with Gasteiger partial charge in [0.15, 0.2) is 0 Å². The van der Waals surface area contributed by atoms with Gasteiger partial charge in [0.25, 0.3) is 0 Å². The number of hydrogen-bond acceptors (Lipinski definition) is 13. The van der Waals surface area contributed by atoms with Gasteiger partial charge >= 0.3 is 0 Å². The summed E-state index contributed by atoms with van der Waals surface area (Å²) in [5.41, 5.74) is 22.2. The number of aliphatic hydroxyl groups excluding tert-OH is 9. The van der Waals surface area contributed by atoms with Gasteiger partial charge in [-0.15, -0.1) is 0 Å². The third-order valence-electron chi connectivity index (χ3n) is 15.6. The van der Waals surface area contributed by atoms with Crippen LogP contribution in [0.1, 0.15) is 317 Å². The average Bonchev–Trinajstić information content (AvgIpc) is 3.47. The molecule has 0 aliphatic heterocycles. The summed E-state index contributed by atoms with van der Waals surface area (Å²) in [6.45, 7) is 10.3. The molecule has 0 aromatic carbocycles. The van der Waals surface area contributed by atoms with Crippen LogP contribution >= 0.6 is 0 Å². The van der Waals surface area contributed by atoms with E-state index in [0.717, 1.165) is 51.4 Å². The first-order chi connectivity index (χ1) is 38.7. The van der Waals surface area contributed by atoms with E-state index in [1.165, 1.54) is 225 Å². The minimum Gasteiger partial charge on any atom is -0.395 e. The third-order valence-corrected chi connectivity index (χ3v) is 15.6. The molecule has 0 heterocycles. The molecule has 0 aromatic rings. The fourth-order valence-corrected chi connectivity index (χ4v) is 9.53. The number of rotatable bonds is 56.